The van der Waals surface area contributed by atoms with Crippen molar-refractivity contribution in [3.8, 4) is 11.5 Å². The van der Waals surface area contributed by atoms with E-state index in [1.807, 2.05) is 0 Å². The van der Waals surface area contributed by atoms with Gasteiger partial charge in [0.05, 0.1) is 16.9 Å². The third-order valence-electron chi connectivity index (χ3n) is 5.14. The molecular formula is C25H18ClN3O6S2. The molecule has 1 N–H and O–H groups in total. The molecule has 37 heavy (non-hydrogen) atoms. The number of benzene rings is 3. The number of hydrogen-bond donors (Lipinski definition) is 1. The van der Waals surface area contributed by atoms with Crippen molar-refractivity contribution in [2.24, 2.45) is 0 Å². The first kappa shape index (κ1) is 26.1. The number of thioether (sulfide) groups is 1. The van der Waals surface area contributed by atoms with Gasteiger partial charge in [0.1, 0.15) is 6.61 Å². The highest BCUT2D eigenvalue weighted by Gasteiger charge is 2.33. The number of amides is 2. The molecule has 2 amide bonds. The van der Waals surface area contributed by atoms with Crippen LogP contribution >= 0.6 is 35.6 Å². The van der Waals surface area contributed by atoms with E-state index in [0.29, 0.717) is 32.6 Å². The summed E-state index contributed by atoms with van der Waals surface area (Å²) >= 11 is 12.2. The molecule has 4 rings (SSSR count). The standard InChI is InChI=1S/C25H18ClN3O6S2/c1-34-21-12-16(4-11-20(21)35-14-15-2-9-19(10-3-15)29(32)33)13-22-24(31)28(25(36)37-22)27-23(30)17-5-7-18(26)8-6-17/h2-13H,14H2,1H3,(H,27,30)/b22-13+. The molecule has 0 atom stereocenters. The topological polar surface area (TPSA) is 111 Å². The van der Waals surface area contributed by atoms with Crippen molar-refractivity contribution in [2.45, 2.75) is 6.61 Å². The lowest BCUT2D eigenvalue weighted by atomic mass is 10.1. The number of halogens is 1. The Hall–Kier alpha value is -3.93. The molecule has 0 aromatic heterocycles. The van der Waals surface area contributed by atoms with Gasteiger partial charge >= 0.3 is 0 Å². The van der Waals surface area contributed by atoms with Gasteiger partial charge in [-0.15, -0.1) is 0 Å². The van der Waals surface area contributed by atoms with Crippen LogP contribution < -0.4 is 14.9 Å². The van der Waals surface area contributed by atoms with Crippen molar-refractivity contribution in [1.29, 1.82) is 0 Å². The van der Waals surface area contributed by atoms with Crippen LogP contribution in [0.5, 0.6) is 11.5 Å². The molecule has 3 aromatic rings. The van der Waals surface area contributed by atoms with Gasteiger partial charge in [0.2, 0.25) is 0 Å². The van der Waals surface area contributed by atoms with Crippen LogP contribution in [0.4, 0.5) is 5.69 Å². The van der Waals surface area contributed by atoms with E-state index in [0.717, 1.165) is 22.3 Å². The van der Waals surface area contributed by atoms with E-state index < -0.39 is 16.7 Å². The minimum absolute atomic E-state index is 0.000595. The molecule has 0 aliphatic carbocycles. The zero-order chi connectivity index (χ0) is 26.5. The molecule has 12 heteroatoms. The third kappa shape index (κ3) is 6.26. The third-order valence-corrected chi connectivity index (χ3v) is 6.69. The molecule has 1 aliphatic rings. The summed E-state index contributed by atoms with van der Waals surface area (Å²) in [6.07, 6.45) is 1.64. The Kier molecular flexibility index (Phi) is 8.07. The molecule has 0 bridgehead atoms. The first-order valence-corrected chi connectivity index (χ1v) is 12.2. The SMILES string of the molecule is COc1cc(/C=C2/SC(=S)N(NC(=O)c3ccc(Cl)cc3)C2=O)ccc1OCc1ccc([N+](=O)[O-])cc1. The number of nitro groups is 1. The fourth-order valence-electron chi connectivity index (χ4n) is 3.25. The molecular weight excluding hydrogens is 538 g/mol. The molecule has 0 radical (unpaired) electrons. The van der Waals surface area contributed by atoms with Gasteiger partial charge in [-0.1, -0.05) is 29.4 Å². The first-order valence-electron chi connectivity index (χ1n) is 10.6. The highest BCUT2D eigenvalue weighted by atomic mass is 35.5. The maximum atomic E-state index is 12.9. The summed E-state index contributed by atoms with van der Waals surface area (Å²) in [7, 11) is 1.49. The lowest BCUT2D eigenvalue weighted by Crippen LogP contribution is -2.44. The monoisotopic (exact) mass is 555 g/mol. The number of methoxy groups -OCH3 is 1. The number of hydrazine groups is 1. The molecule has 0 spiro atoms. The lowest BCUT2D eigenvalue weighted by Gasteiger charge is -2.15. The summed E-state index contributed by atoms with van der Waals surface area (Å²) in [6.45, 7) is 0.180. The number of hydrogen-bond acceptors (Lipinski definition) is 8. The van der Waals surface area contributed by atoms with Gasteiger partial charge in [-0.25, -0.2) is 0 Å². The maximum Gasteiger partial charge on any atom is 0.285 e. The van der Waals surface area contributed by atoms with Crippen LogP contribution in [0, 0.1) is 10.1 Å². The highest BCUT2D eigenvalue weighted by molar-refractivity contribution is 8.26. The molecule has 3 aromatic carbocycles. The number of rotatable bonds is 8. The Labute approximate surface area is 226 Å². The maximum absolute atomic E-state index is 12.9. The van der Waals surface area contributed by atoms with E-state index >= 15 is 0 Å². The zero-order valence-corrected chi connectivity index (χ0v) is 21.6. The largest absolute Gasteiger partial charge is 0.493 e. The summed E-state index contributed by atoms with van der Waals surface area (Å²) in [6, 6.07) is 17.4. The Bertz CT molecular complexity index is 1410. The summed E-state index contributed by atoms with van der Waals surface area (Å²) < 4.78 is 11.4. The predicted octanol–water partition coefficient (Wildman–Crippen LogP) is 5.38. The van der Waals surface area contributed by atoms with Crippen molar-refractivity contribution >= 4 is 63.5 Å². The zero-order valence-electron chi connectivity index (χ0n) is 19.2. The number of nitro benzene ring substituents is 1. The average Bonchev–Trinajstić information content (AvgIpc) is 3.15. The van der Waals surface area contributed by atoms with E-state index in [9.17, 15) is 19.7 Å². The summed E-state index contributed by atoms with van der Waals surface area (Å²) in [5, 5.41) is 12.3. The van der Waals surface area contributed by atoms with Crippen LogP contribution in [0.3, 0.4) is 0 Å². The van der Waals surface area contributed by atoms with E-state index in [1.54, 1.807) is 60.7 Å². The van der Waals surface area contributed by atoms with Crippen LogP contribution in [0.1, 0.15) is 21.5 Å². The van der Waals surface area contributed by atoms with Crippen molar-refractivity contribution < 1.29 is 24.0 Å². The lowest BCUT2D eigenvalue weighted by molar-refractivity contribution is -0.384. The van der Waals surface area contributed by atoms with Gasteiger partial charge in [-0.3, -0.25) is 25.1 Å². The van der Waals surface area contributed by atoms with Gasteiger partial charge in [0.15, 0.2) is 15.8 Å². The Balaban J connectivity index is 1.44. The van der Waals surface area contributed by atoms with Gasteiger partial charge in [-0.05, 0) is 78.0 Å². The van der Waals surface area contributed by atoms with Crippen molar-refractivity contribution in [1.82, 2.24) is 10.4 Å². The smallest absolute Gasteiger partial charge is 0.285 e. The van der Waals surface area contributed by atoms with Gasteiger partial charge < -0.3 is 9.47 Å². The molecule has 0 saturated carbocycles. The molecule has 1 fully saturated rings. The normalized spacial score (nSPS) is 14.1. The Morgan fingerprint density at radius 2 is 1.84 bits per heavy atom. The number of carbonyl (C=O) groups is 2. The minimum atomic E-state index is -0.495. The average molecular weight is 556 g/mol. The van der Waals surface area contributed by atoms with E-state index in [1.165, 1.54) is 19.2 Å². The summed E-state index contributed by atoms with van der Waals surface area (Å²) in [4.78, 5) is 36.1. The number of non-ortho nitro benzene ring substituents is 1. The highest BCUT2D eigenvalue weighted by Crippen LogP contribution is 2.34. The number of nitrogens with one attached hydrogen (secondary N) is 1. The van der Waals surface area contributed by atoms with Crippen LogP contribution in [0.15, 0.2) is 71.6 Å². The predicted molar refractivity (Wildman–Crippen MR) is 144 cm³/mol. The number of nitrogens with zero attached hydrogens (tertiary/aromatic N) is 2. The van der Waals surface area contributed by atoms with Crippen molar-refractivity contribution in [2.75, 3.05) is 7.11 Å². The number of carbonyl (C=O) groups excluding carboxylic acids is 2. The van der Waals surface area contributed by atoms with Crippen LogP contribution in [0.2, 0.25) is 5.02 Å². The first-order chi connectivity index (χ1) is 17.7. The van der Waals surface area contributed by atoms with E-state index in [2.05, 4.69) is 5.43 Å². The molecule has 9 nitrogen and oxygen atoms in total. The quantitative estimate of drug-likeness (QED) is 0.171. The molecule has 188 valence electrons. The molecule has 1 saturated heterocycles. The van der Waals surface area contributed by atoms with Crippen molar-refractivity contribution in [3.05, 3.63) is 103 Å². The van der Waals surface area contributed by atoms with Gasteiger partial charge in [0, 0.05) is 22.7 Å². The second kappa shape index (κ2) is 11.4. The second-order valence-corrected chi connectivity index (χ2v) is 9.70. The van der Waals surface area contributed by atoms with Gasteiger partial charge in [-0.2, -0.15) is 5.01 Å². The van der Waals surface area contributed by atoms with Crippen LogP contribution in [-0.2, 0) is 11.4 Å². The summed E-state index contributed by atoms with van der Waals surface area (Å²) in [5.41, 5.74) is 4.26. The molecule has 1 aliphatic heterocycles. The molecule has 1 heterocycles. The van der Waals surface area contributed by atoms with E-state index in [-0.39, 0.29) is 16.6 Å². The van der Waals surface area contributed by atoms with Gasteiger partial charge in [0.25, 0.3) is 17.5 Å². The van der Waals surface area contributed by atoms with Crippen LogP contribution in [0.25, 0.3) is 6.08 Å². The minimum Gasteiger partial charge on any atom is -0.493 e. The van der Waals surface area contributed by atoms with Crippen LogP contribution in [-0.4, -0.2) is 33.2 Å². The number of ether oxygens (including phenoxy) is 2. The van der Waals surface area contributed by atoms with E-state index in [4.69, 9.17) is 33.3 Å². The Morgan fingerprint density at radius 1 is 1.14 bits per heavy atom. The fourth-order valence-corrected chi connectivity index (χ4v) is 4.56. The Morgan fingerprint density at radius 3 is 2.49 bits per heavy atom. The fraction of sp³-hybridized carbons (Fsp3) is 0.0800. The molecule has 0 unspecified atom stereocenters. The second-order valence-electron chi connectivity index (χ2n) is 7.59. The van der Waals surface area contributed by atoms with Crippen molar-refractivity contribution in [3.63, 3.8) is 0 Å². The summed E-state index contributed by atoms with van der Waals surface area (Å²) in [5.74, 6) is -0.0665. The number of thiocarbonyl (C=S) groups is 1.